The Bertz CT molecular complexity index is 358. The first-order valence-electron chi connectivity index (χ1n) is 11.3. The van der Waals surface area contributed by atoms with Gasteiger partial charge in [0, 0.05) is 5.92 Å². The molecule has 4 rings (SSSR count). The highest BCUT2D eigenvalue weighted by molar-refractivity contribution is 4.87. The van der Waals surface area contributed by atoms with Crippen molar-refractivity contribution in [3.05, 3.63) is 0 Å². The van der Waals surface area contributed by atoms with E-state index >= 15 is 0 Å². The summed E-state index contributed by atoms with van der Waals surface area (Å²) in [7, 11) is 1.00. The number of hydrogen-bond acceptors (Lipinski definition) is 0. The fraction of sp³-hybridized carbons (Fsp3) is 1.00. The molecule has 0 aliphatic heterocycles. The van der Waals surface area contributed by atoms with Gasteiger partial charge in [-0.1, -0.05) is 40.0 Å². The number of hydrogen-bond donors (Lipinski definition) is 0. The van der Waals surface area contributed by atoms with E-state index < -0.39 is 5.92 Å². The lowest BCUT2D eigenvalue weighted by Crippen LogP contribution is -2.11. The minimum Gasteiger partial charge on any atom is -0.255 e. The first kappa shape index (κ1) is 31.8. The summed E-state index contributed by atoms with van der Waals surface area (Å²) in [6.07, 6.45) is 12.8. The Labute approximate surface area is 181 Å². The van der Waals surface area contributed by atoms with Gasteiger partial charge in [0.15, 0.2) is 0 Å². The van der Waals surface area contributed by atoms with E-state index in [4.69, 9.17) is 0 Å². The molecule has 0 nitrogen and oxygen atoms in total. The Hall–Kier alpha value is -0.420. The Morgan fingerprint density at radius 2 is 1.17 bits per heavy atom. The Morgan fingerprint density at radius 3 is 1.23 bits per heavy atom. The molecule has 0 bridgehead atoms. The summed E-state index contributed by atoms with van der Waals surface area (Å²) in [6, 6.07) is 0. The largest absolute Gasteiger partial charge is 0.255 e. The standard InChI is InChI=1S/C6H11F.C6H12.C5H8F2.C5H9F.2CH3F/c7-5-6-3-1-2-4-6;1-3-6(2)4-5-6;1-5(6,7)4-2-3-4;1-5(4-6)2-3-5;2*1-2/h6H,1-5H2;3-5H2,1-2H3;4H,2-3H2,1H3;2-4H2,1H3;2*1H3. The van der Waals surface area contributed by atoms with Gasteiger partial charge in [-0.2, -0.15) is 0 Å². The van der Waals surface area contributed by atoms with Gasteiger partial charge in [0.25, 0.3) is 0 Å². The molecule has 0 aromatic carbocycles. The van der Waals surface area contributed by atoms with Gasteiger partial charge in [0.1, 0.15) is 0 Å². The molecule has 4 fully saturated rings. The Balaban J connectivity index is 0. The molecular weight excluding hydrogens is 402 g/mol. The van der Waals surface area contributed by atoms with Gasteiger partial charge in [-0.15, -0.1) is 0 Å². The average Bonchev–Trinajstić information content (AvgIpc) is 3.69. The normalized spacial score (nSPS) is 22.0. The van der Waals surface area contributed by atoms with Crippen LogP contribution in [0.2, 0.25) is 0 Å². The van der Waals surface area contributed by atoms with Crippen molar-refractivity contribution in [1.29, 1.82) is 0 Å². The van der Waals surface area contributed by atoms with Crippen LogP contribution in [0.3, 0.4) is 0 Å². The zero-order valence-corrected chi connectivity index (χ0v) is 20.1. The molecule has 0 atom stereocenters. The van der Waals surface area contributed by atoms with Crippen LogP contribution in [0, 0.1) is 22.7 Å². The maximum Gasteiger partial charge on any atom is 0.248 e. The van der Waals surface area contributed by atoms with Crippen LogP contribution in [0.25, 0.3) is 0 Å². The second-order valence-corrected chi connectivity index (χ2v) is 9.64. The van der Waals surface area contributed by atoms with Crippen molar-refractivity contribution < 1.29 is 26.3 Å². The molecule has 0 radical (unpaired) electrons. The molecule has 6 heteroatoms. The Morgan fingerprint density at radius 1 is 0.767 bits per heavy atom. The maximum absolute atomic E-state index is 11.9. The quantitative estimate of drug-likeness (QED) is 0.376. The zero-order chi connectivity index (χ0) is 23.8. The summed E-state index contributed by atoms with van der Waals surface area (Å²) >= 11 is 0. The van der Waals surface area contributed by atoms with Crippen molar-refractivity contribution in [2.75, 3.05) is 27.7 Å². The van der Waals surface area contributed by atoms with Crippen LogP contribution in [-0.4, -0.2) is 33.6 Å². The molecule has 0 amide bonds. The van der Waals surface area contributed by atoms with Crippen molar-refractivity contribution in [3.63, 3.8) is 0 Å². The van der Waals surface area contributed by atoms with Crippen molar-refractivity contribution in [2.24, 2.45) is 22.7 Å². The summed E-state index contributed by atoms with van der Waals surface area (Å²) < 4.78 is 66.1. The van der Waals surface area contributed by atoms with Gasteiger partial charge in [0.05, 0.1) is 27.7 Å². The highest BCUT2D eigenvalue weighted by Crippen LogP contribution is 2.47. The van der Waals surface area contributed by atoms with Gasteiger partial charge >= 0.3 is 0 Å². The smallest absolute Gasteiger partial charge is 0.248 e. The van der Waals surface area contributed by atoms with Crippen LogP contribution < -0.4 is 0 Å². The number of alkyl halides is 6. The van der Waals surface area contributed by atoms with Crippen molar-refractivity contribution in [1.82, 2.24) is 0 Å². The van der Waals surface area contributed by atoms with Gasteiger partial charge < -0.3 is 0 Å². The van der Waals surface area contributed by atoms with Crippen molar-refractivity contribution >= 4 is 0 Å². The van der Waals surface area contributed by atoms with Gasteiger partial charge in [-0.05, 0) is 75.0 Å². The van der Waals surface area contributed by atoms with Crippen molar-refractivity contribution in [3.8, 4) is 0 Å². The van der Waals surface area contributed by atoms with E-state index in [1.54, 1.807) is 0 Å². The summed E-state index contributed by atoms with van der Waals surface area (Å²) in [6.45, 7) is 7.39. The SMILES string of the molecule is CC(F)(F)C1CC1.CC1(CF)CC1.CCC1(C)CC1.CF.CF.FCC1CCCC1. The van der Waals surface area contributed by atoms with E-state index in [1.807, 2.05) is 6.92 Å². The molecular formula is C24H46F6. The second kappa shape index (κ2) is 16.2. The fourth-order valence-electron chi connectivity index (χ4n) is 2.67. The third kappa shape index (κ3) is 17.3. The predicted octanol–water partition coefficient (Wildman–Crippen LogP) is 9.32. The molecule has 4 aliphatic rings. The third-order valence-corrected chi connectivity index (χ3v) is 6.37. The summed E-state index contributed by atoms with van der Waals surface area (Å²) in [4.78, 5) is 0. The van der Waals surface area contributed by atoms with Crippen LogP contribution >= 0.6 is 0 Å². The molecule has 0 unspecified atom stereocenters. The molecule has 4 saturated carbocycles. The predicted molar refractivity (Wildman–Crippen MR) is 116 cm³/mol. The molecule has 0 N–H and O–H groups in total. The van der Waals surface area contributed by atoms with Crippen LogP contribution in [0.4, 0.5) is 26.3 Å². The first-order valence-corrected chi connectivity index (χ1v) is 11.3. The van der Waals surface area contributed by atoms with Crippen LogP contribution in [0.15, 0.2) is 0 Å². The van der Waals surface area contributed by atoms with Crippen molar-refractivity contribution in [2.45, 2.75) is 104 Å². The lowest BCUT2D eigenvalue weighted by Gasteiger charge is -2.04. The number of halogens is 6. The van der Waals surface area contributed by atoms with Crippen LogP contribution in [0.1, 0.15) is 98.3 Å². The molecule has 0 aromatic heterocycles. The minimum absolute atomic E-state index is 0.0833. The third-order valence-electron chi connectivity index (χ3n) is 6.37. The fourth-order valence-corrected chi connectivity index (χ4v) is 2.67. The van der Waals surface area contributed by atoms with Gasteiger partial charge in [-0.25, -0.2) is 8.78 Å². The van der Waals surface area contributed by atoms with Gasteiger partial charge in [0.2, 0.25) is 5.92 Å². The molecule has 30 heavy (non-hydrogen) atoms. The van der Waals surface area contributed by atoms with E-state index in [2.05, 4.69) is 13.8 Å². The lowest BCUT2D eigenvalue weighted by atomic mass is 10.1. The summed E-state index contributed by atoms with van der Waals surface area (Å²) in [5.41, 5.74) is 0.917. The van der Waals surface area contributed by atoms with E-state index in [-0.39, 0.29) is 24.7 Å². The summed E-state index contributed by atoms with van der Waals surface area (Å²) in [5, 5.41) is 0. The summed E-state index contributed by atoms with van der Waals surface area (Å²) in [5.74, 6) is -2.24. The van der Waals surface area contributed by atoms with E-state index in [1.165, 1.54) is 32.1 Å². The monoisotopic (exact) mass is 448 g/mol. The van der Waals surface area contributed by atoms with E-state index in [9.17, 15) is 26.3 Å². The average molecular weight is 449 g/mol. The minimum atomic E-state index is -2.39. The van der Waals surface area contributed by atoms with Crippen LogP contribution in [-0.2, 0) is 0 Å². The molecule has 4 aliphatic carbocycles. The van der Waals surface area contributed by atoms with Crippen LogP contribution in [0.5, 0.6) is 0 Å². The highest BCUT2D eigenvalue weighted by Gasteiger charge is 2.42. The molecule has 184 valence electrons. The lowest BCUT2D eigenvalue weighted by molar-refractivity contribution is -0.00191. The van der Waals surface area contributed by atoms with E-state index in [0.29, 0.717) is 20.3 Å². The molecule has 0 saturated heterocycles. The topological polar surface area (TPSA) is 0 Å². The number of rotatable bonds is 4. The zero-order valence-electron chi connectivity index (χ0n) is 20.1. The van der Waals surface area contributed by atoms with E-state index in [0.717, 1.165) is 50.9 Å². The molecule has 0 heterocycles. The van der Waals surface area contributed by atoms with Gasteiger partial charge in [-0.3, -0.25) is 17.6 Å². The molecule has 0 spiro atoms. The molecule has 0 aromatic rings. The maximum atomic E-state index is 11.9. The second-order valence-electron chi connectivity index (χ2n) is 9.64. The Kier molecular flexibility index (Phi) is 17.2. The highest BCUT2D eigenvalue weighted by atomic mass is 19.3. The first-order chi connectivity index (χ1) is 14.1.